The van der Waals surface area contributed by atoms with Crippen LogP contribution in [-0.2, 0) is 17.8 Å². The summed E-state index contributed by atoms with van der Waals surface area (Å²) in [5.74, 6) is 2.13. The highest BCUT2D eigenvalue weighted by atomic mass is 127. The number of hydrogen-bond acceptors (Lipinski definition) is 4. The first kappa shape index (κ1) is 25.1. The summed E-state index contributed by atoms with van der Waals surface area (Å²) in [6.45, 7) is 1.41. The van der Waals surface area contributed by atoms with Crippen LogP contribution >= 0.6 is 24.0 Å². The SMILES string of the molecule is CN=C(NCC(=O)N1CCc2ccccc21)NCc1cccc(OC)c1OC1CCCC1.I. The third-order valence-electron chi connectivity index (χ3n) is 6.13. The minimum Gasteiger partial charge on any atom is -0.493 e. The number of anilines is 1. The second-order valence-corrected chi connectivity index (χ2v) is 8.18. The number of carbonyl (C=O) groups is 1. The maximum Gasteiger partial charge on any atom is 0.246 e. The Balaban J connectivity index is 0.00000306. The van der Waals surface area contributed by atoms with Gasteiger partial charge in [0.2, 0.25) is 5.91 Å². The molecule has 2 N–H and O–H groups in total. The van der Waals surface area contributed by atoms with Gasteiger partial charge in [0.15, 0.2) is 17.5 Å². The number of amides is 1. The first-order chi connectivity index (χ1) is 15.7. The molecule has 0 spiro atoms. The number of hydrogen-bond donors (Lipinski definition) is 2. The van der Waals surface area contributed by atoms with Crippen molar-refractivity contribution in [2.45, 2.75) is 44.8 Å². The number of nitrogens with one attached hydrogen (secondary N) is 2. The molecule has 0 aromatic heterocycles. The van der Waals surface area contributed by atoms with E-state index in [1.165, 1.54) is 18.4 Å². The van der Waals surface area contributed by atoms with Crippen LogP contribution < -0.4 is 25.0 Å². The molecule has 2 aliphatic rings. The molecule has 0 unspecified atom stereocenters. The molecule has 2 aromatic rings. The lowest BCUT2D eigenvalue weighted by Gasteiger charge is -2.21. The Morgan fingerprint density at radius 3 is 2.67 bits per heavy atom. The predicted octanol–water partition coefficient (Wildman–Crippen LogP) is 3.89. The Kier molecular flexibility index (Phi) is 9.22. The van der Waals surface area contributed by atoms with E-state index in [1.54, 1.807) is 14.2 Å². The number of rotatable bonds is 7. The van der Waals surface area contributed by atoms with Crippen molar-refractivity contribution in [2.24, 2.45) is 4.99 Å². The van der Waals surface area contributed by atoms with Gasteiger partial charge in [-0.1, -0.05) is 30.3 Å². The van der Waals surface area contributed by atoms with Crippen LogP contribution in [0.5, 0.6) is 11.5 Å². The van der Waals surface area contributed by atoms with Crippen molar-refractivity contribution < 1.29 is 14.3 Å². The Hall–Kier alpha value is -2.49. The fraction of sp³-hybridized carbons (Fsp3) is 0.440. The molecule has 178 valence electrons. The number of ether oxygens (including phenoxy) is 2. The molecule has 1 aliphatic heterocycles. The van der Waals surface area contributed by atoms with Gasteiger partial charge in [0.05, 0.1) is 19.8 Å². The number of carbonyl (C=O) groups excluding carboxylic acids is 1. The standard InChI is InChI=1S/C25H32N4O3.HI/c1-26-25(28-17-23(30)29-15-14-18-8-3-6-12-21(18)29)27-16-19-9-7-13-22(31-2)24(19)32-20-10-4-5-11-20;/h3,6-9,12-13,20H,4-5,10-11,14-17H2,1-2H3,(H2,26,27,28);1H. The van der Waals surface area contributed by atoms with Gasteiger partial charge in [-0.2, -0.15) is 0 Å². The van der Waals surface area contributed by atoms with Crippen LogP contribution in [-0.4, -0.2) is 45.2 Å². The zero-order chi connectivity index (χ0) is 22.3. The lowest BCUT2D eigenvalue weighted by Crippen LogP contribution is -2.44. The van der Waals surface area contributed by atoms with E-state index in [9.17, 15) is 4.79 Å². The molecule has 1 amide bonds. The van der Waals surface area contributed by atoms with Crippen LogP contribution in [0, 0.1) is 0 Å². The summed E-state index contributed by atoms with van der Waals surface area (Å²) in [5, 5.41) is 6.44. The van der Waals surface area contributed by atoms with E-state index in [-0.39, 0.29) is 42.5 Å². The molecule has 0 atom stereocenters. The Labute approximate surface area is 213 Å². The molecule has 0 bridgehead atoms. The van der Waals surface area contributed by atoms with Crippen LogP contribution in [0.25, 0.3) is 0 Å². The average molecular weight is 564 g/mol. The number of benzene rings is 2. The third-order valence-corrected chi connectivity index (χ3v) is 6.13. The Bertz CT molecular complexity index is 976. The lowest BCUT2D eigenvalue weighted by atomic mass is 10.1. The molecule has 33 heavy (non-hydrogen) atoms. The number of methoxy groups -OCH3 is 1. The summed E-state index contributed by atoms with van der Waals surface area (Å²) < 4.78 is 11.9. The smallest absolute Gasteiger partial charge is 0.246 e. The van der Waals surface area contributed by atoms with Gasteiger partial charge in [0.1, 0.15) is 0 Å². The zero-order valence-corrected chi connectivity index (χ0v) is 21.6. The number of guanidine groups is 1. The van der Waals surface area contributed by atoms with E-state index in [0.717, 1.165) is 48.6 Å². The summed E-state index contributed by atoms with van der Waals surface area (Å²) in [4.78, 5) is 18.9. The normalized spacial score (nSPS) is 15.6. The van der Waals surface area contributed by atoms with Crippen molar-refractivity contribution >= 4 is 41.5 Å². The fourth-order valence-electron chi connectivity index (χ4n) is 4.42. The molecular formula is C25H33IN4O3. The van der Waals surface area contributed by atoms with Gasteiger partial charge in [-0.25, -0.2) is 0 Å². The summed E-state index contributed by atoms with van der Waals surface area (Å²) in [7, 11) is 3.36. The largest absolute Gasteiger partial charge is 0.493 e. The summed E-state index contributed by atoms with van der Waals surface area (Å²) in [6, 6.07) is 14.0. The number of halogens is 1. The highest BCUT2D eigenvalue weighted by Crippen LogP contribution is 2.34. The van der Waals surface area contributed by atoms with E-state index >= 15 is 0 Å². The maximum atomic E-state index is 12.8. The summed E-state index contributed by atoms with van der Waals surface area (Å²) in [5.41, 5.74) is 3.22. The average Bonchev–Trinajstić information content (AvgIpc) is 3.49. The maximum absolute atomic E-state index is 12.8. The Morgan fingerprint density at radius 1 is 1.12 bits per heavy atom. The number of nitrogens with zero attached hydrogens (tertiary/aromatic N) is 2. The molecule has 1 saturated carbocycles. The minimum absolute atomic E-state index is 0. The van der Waals surface area contributed by atoms with E-state index in [2.05, 4.69) is 21.7 Å². The monoisotopic (exact) mass is 564 g/mol. The van der Waals surface area contributed by atoms with Gasteiger partial charge >= 0.3 is 0 Å². The highest BCUT2D eigenvalue weighted by Gasteiger charge is 2.24. The second-order valence-electron chi connectivity index (χ2n) is 8.18. The predicted molar refractivity (Wildman–Crippen MR) is 142 cm³/mol. The number of para-hydroxylation sites is 2. The lowest BCUT2D eigenvalue weighted by molar-refractivity contribution is -0.117. The van der Waals surface area contributed by atoms with Crippen LogP contribution in [0.2, 0.25) is 0 Å². The summed E-state index contributed by atoms with van der Waals surface area (Å²) in [6.07, 6.45) is 5.71. The van der Waals surface area contributed by atoms with E-state index in [1.807, 2.05) is 41.3 Å². The number of aliphatic imine (C=N–C) groups is 1. The van der Waals surface area contributed by atoms with E-state index in [0.29, 0.717) is 12.5 Å². The van der Waals surface area contributed by atoms with Gasteiger partial charge in [-0.15, -0.1) is 24.0 Å². The number of fused-ring (bicyclic) bond motifs is 1. The van der Waals surface area contributed by atoms with Gasteiger partial charge in [-0.05, 0) is 49.8 Å². The quantitative estimate of drug-likeness (QED) is 0.304. The van der Waals surface area contributed by atoms with Gasteiger partial charge in [0, 0.05) is 31.4 Å². The molecule has 1 heterocycles. The molecule has 7 nitrogen and oxygen atoms in total. The van der Waals surface area contributed by atoms with Crippen molar-refractivity contribution in [1.82, 2.24) is 10.6 Å². The molecule has 8 heteroatoms. The van der Waals surface area contributed by atoms with Crippen LogP contribution in [0.3, 0.4) is 0 Å². The van der Waals surface area contributed by atoms with Crippen LogP contribution in [0.1, 0.15) is 36.8 Å². The molecule has 1 aliphatic carbocycles. The van der Waals surface area contributed by atoms with Gasteiger partial charge in [0.25, 0.3) is 0 Å². The van der Waals surface area contributed by atoms with E-state index < -0.39 is 0 Å². The zero-order valence-electron chi connectivity index (χ0n) is 19.3. The Morgan fingerprint density at radius 2 is 1.91 bits per heavy atom. The first-order valence-corrected chi connectivity index (χ1v) is 11.3. The highest BCUT2D eigenvalue weighted by molar-refractivity contribution is 14.0. The topological polar surface area (TPSA) is 75.2 Å². The molecular weight excluding hydrogens is 531 g/mol. The van der Waals surface area contributed by atoms with Crippen LogP contribution in [0.4, 0.5) is 5.69 Å². The third kappa shape index (κ3) is 6.10. The fourth-order valence-corrected chi connectivity index (χ4v) is 4.42. The van der Waals surface area contributed by atoms with Crippen molar-refractivity contribution in [3.63, 3.8) is 0 Å². The molecule has 1 fully saturated rings. The van der Waals surface area contributed by atoms with Gasteiger partial charge < -0.3 is 25.0 Å². The summed E-state index contributed by atoms with van der Waals surface area (Å²) >= 11 is 0. The van der Waals surface area contributed by atoms with Crippen molar-refractivity contribution in [3.8, 4) is 11.5 Å². The molecule has 0 radical (unpaired) electrons. The van der Waals surface area contributed by atoms with Gasteiger partial charge in [-0.3, -0.25) is 9.79 Å². The first-order valence-electron chi connectivity index (χ1n) is 11.3. The van der Waals surface area contributed by atoms with Crippen molar-refractivity contribution in [2.75, 3.05) is 32.1 Å². The molecule has 2 aromatic carbocycles. The second kappa shape index (κ2) is 12.1. The van der Waals surface area contributed by atoms with Crippen molar-refractivity contribution in [1.29, 1.82) is 0 Å². The van der Waals surface area contributed by atoms with Crippen LogP contribution in [0.15, 0.2) is 47.5 Å². The minimum atomic E-state index is 0. The van der Waals surface area contributed by atoms with Crippen molar-refractivity contribution in [3.05, 3.63) is 53.6 Å². The molecule has 0 saturated heterocycles. The van der Waals surface area contributed by atoms with E-state index in [4.69, 9.17) is 9.47 Å². The molecule has 4 rings (SSSR count).